The molecule has 1 saturated heterocycles. The summed E-state index contributed by atoms with van der Waals surface area (Å²) in [6.07, 6.45) is 39.2. The maximum absolute atomic E-state index is 12.7. The predicted octanol–water partition coefficient (Wildman–Crippen LogP) is 15.4. The highest BCUT2D eigenvalue weighted by molar-refractivity contribution is 5.69. The van der Waals surface area contributed by atoms with Crippen LogP contribution in [0.4, 0.5) is 0 Å². The molecule has 0 aromatic carbocycles. The standard InChI is InChI=1S/C60H108O7/c1-8-10-11-12-13-14-15-16-17-18-19-20-21-22-23-24-25-26-27-28-29-30-31-54(61)65-43-53-55(62)56(63)57(64)58(67-53)66-48-38-40-59(6)47(42-48)34-35-49-51-37-36-50(60(51,7)41-39-52(49)59)45(5)32-33-46(9-2)44(3)4/h34,44-46,48-53,55-58,62-64H,8-33,35-43H2,1-7H3. The van der Waals surface area contributed by atoms with Gasteiger partial charge in [-0.3, -0.25) is 4.79 Å². The van der Waals surface area contributed by atoms with Gasteiger partial charge in [0.15, 0.2) is 6.29 Å². The molecule has 3 N–H and O–H groups in total. The number of allylic oxidation sites excluding steroid dienone is 1. The van der Waals surface area contributed by atoms with Gasteiger partial charge < -0.3 is 29.5 Å². The number of hydrogen-bond acceptors (Lipinski definition) is 7. The number of carbonyl (C=O) groups excluding carboxylic acids is 1. The number of rotatable bonds is 33. The molecule has 14 atom stereocenters. The first-order chi connectivity index (χ1) is 32.3. The Morgan fingerprint density at radius 1 is 0.687 bits per heavy atom. The normalized spacial score (nSPS) is 33.7. The number of aliphatic hydroxyl groups excluding tert-OH is 3. The van der Waals surface area contributed by atoms with E-state index in [9.17, 15) is 20.1 Å². The molecule has 1 aliphatic heterocycles. The third-order valence-corrected chi connectivity index (χ3v) is 19.4. The van der Waals surface area contributed by atoms with E-state index < -0.39 is 30.7 Å². The lowest BCUT2D eigenvalue weighted by Crippen LogP contribution is -2.60. The molecule has 0 aromatic rings. The van der Waals surface area contributed by atoms with Crippen LogP contribution in [0.15, 0.2) is 11.6 Å². The quantitative estimate of drug-likeness (QED) is 0.0342. The summed E-state index contributed by atoms with van der Waals surface area (Å²) in [4.78, 5) is 12.7. The lowest BCUT2D eigenvalue weighted by Gasteiger charge is -2.58. The Kier molecular flexibility index (Phi) is 25.1. The van der Waals surface area contributed by atoms with Gasteiger partial charge in [0, 0.05) is 6.42 Å². The summed E-state index contributed by atoms with van der Waals surface area (Å²) in [7, 11) is 0. The predicted molar refractivity (Wildman–Crippen MR) is 277 cm³/mol. The second-order valence-electron chi connectivity index (χ2n) is 24.3. The minimum absolute atomic E-state index is 0.140. The molecule has 0 radical (unpaired) electrons. The summed E-state index contributed by atoms with van der Waals surface area (Å²) in [6, 6.07) is 0. The molecule has 0 bridgehead atoms. The molecule has 3 saturated carbocycles. The fourth-order valence-electron chi connectivity index (χ4n) is 14.9. The zero-order valence-electron chi connectivity index (χ0n) is 44.8. The molecule has 7 nitrogen and oxygen atoms in total. The fourth-order valence-corrected chi connectivity index (χ4v) is 14.9. The number of carbonyl (C=O) groups is 1. The second kappa shape index (κ2) is 29.5. The Hall–Kier alpha value is -0.990. The van der Waals surface area contributed by atoms with Gasteiger partial charge in [0.1, 0.15) is 31.0 Å². The molecule has 4 aliphatic carbocycles. The van der Waals surface area contributed by atoms with Gasteiger partial charge in [-0.2, -0.15) is 0 Å². The summed E-state index contributed by atoms with van der Waals surface area (Å²) in [5.41, 5.74) is 2.13. The Morgan fingerprint density at radius 3 is 1.81 bits per heavy atom. The van der Waals surface area contributed by atoms with Crippen LogP contribution in [-0.4, -0.2) is 64.7 Å². The first kappa shape index (κ1) is 56.9. The lowest BCUT2D eigenvalue weighted by molar-refractivity contribution is -0.313. The SMILES string of the molecule is CCCCCCCCCCCCCCCCCCCCCCCCC(=O)OCC1OC(OC2CCC3(C)C(=CCC4C3CCC3(C)C(C(C)CCC(CC)C(C)C)CCC43)C2)C(O)C(O)C1O. The smallest absolute Gasteiger partial charge is 0.305 e. The number of fused-ring (bicyclic) bond motifs is 5. The maximum Gasteiger partial charge on any atom is 0.305 e. The fraction of sp³-hybridized carbons (Fsp3) is 0.950. The van der Waals surface area contributed by atoms with Crippen molar-refractivity contribution in [2.24, 2.45) is 52.3 Å². The van der Waals surface area contributed by atoms with Crippen LogP contribution in [0.25, 0.3) is 0 Å². The summed E-state index contributed by atoms with van der Waals surface area (Å²) in [5, 5.41) is 32.7. The molecule has 5 rings (SSSR count). The van der Waals surface area contributed by atoms with Gasteiger partial charge in [0.2, 0.25) is 0 Å². The van der Waals surface area contributed by atoms with Crippen molar-refractivity contribution < 1.29 is 34.3 Å². The van der Waals surface area contributed by atoms with Gasteiger partial charge in [-0.15, -0.1) is 0 Å². The van der Waals surface area contributed by atoms with E-state index in [1.54, 1.807) is 0 Å². The molecule has 390 valence electrons. The van der Waals surface area contributed by atoms with E-state index in [-0.39, 0.29) is 24.1 Å². The molecule has 7 heteroatoms. The summed E-state index contributed by atoms with van der Waals surface area (Å²) >= 11 is 0. The third kappa shape index (κ3) is 16.5. The van der Waals surface area contributed by atoms with Crippen LogP contribution in [0.3, 0.4) is 0 Å². The van der Waals surface area contributed by atoms with E-state index in [0.29, 0.717) is 17.8 Å². The van der Waals surface area contributed by atoms with E-state index in [0.717, 1.165) is 80.5 Å². The highest BCUT2D eigenvalue weighted by atomic mass is 16.7. The molecule has 5 aliphatic rings. The topological polar surface area (TPSA) is 105 Å². The zero-order chi connectivity index (χ0) is 48.2. The van der Waals surface area contributed by atoms with Crippen LogP contribution >= 0.6 is 0 Å². The number of hydrogen-bond donors (Lipinski definition) is 3. The number of ether oxygens (including phenoxy) is 3. The van der Waals surface area contributed by atoms with Crippen LogP contribution in [0, 0.1) is 52.3 Å². The van der Waals surface area contributed by atoms with Gasteiger partial charge in [-0.1, -0.05) is 208 Å². The van der Waals surface area contributed by atoms with Crippen molar-refractivity contribution in [1.82, 2.24) is 0 Å². The average molecular weight is 942 g/mol. The Balaban J connectivity index is 0.924. The number of esters is 1. The molecule has 0 amide bonds. The van der Waals surface area contributed by atoms with Crippen LogP contribution in [0.2, 0.25) is 0 Å². The largest absolute Gasteiger partial charge is 0.463 e. The van der Waals surface area contributed by atoms with E-state index >= 15 is 0 Å². The van der Waals surface area contributed by atoms with Crippen molar-refractivity contribution in [3.63, 3.8) is 0 Å². The summed E-state index contributed by atoms with van der Waals surface area (Å²) < 4.78 is 18.1. The van der Waals surface area contributed by atoms with Crippen molar-refractivity contribution in [2.75, 3.05) is 6.61 Å². The molecular formula is C60H108O7. The average Bonchev–Trinajstić information content (AvgIpc) is 3.67. The first-order valence-electron chi connectivity index (χ1n) is 29.5. The minimum Gasteiger partial charge on any atom is -0.463 e. The number of aliphatic hydroxyl groups is 3. The number of unbranched alkanes of at least 4 members (excludes halogenated alkanes) is 21. The first-order valence-corrected chi connectivity index (χ1v) is 29.5. The molecule has 1 heterocycles. The monoisotopic (exact) mass is 941 g/mol. The van der Waals surface area contributed by atoms with Crippen molar-refractivity contribution in [1.29, 1.82) is 0 Å². The van der Waals surface area contributed by atoms with E-state index in [2.05, 4.69) is 54.5 Å². The zero-order valence-corrected chi connectivity index (χ0v) is 44.8. The molecule has 14 unspecified atom stereocenters. The van der Waals surface area contributed by atoms with Crippen LogP contribution in [-0.2, 0) is 19.0 Å². The van der Waals surface area contributed by atoms with Crippen LogP contribution in [0.1, 0.15) is 267 Å². The van der Waals surface area contributed by atoms with Gasteiger partial charge in [-0.25, -0.2) is 0 Å². The van der Waals surface area contributed by atoms with Crippen molar-refractivity contribution >= 4 is 5.97 Å². The summed E-state index contributed by atoms with van der Waals surface area (Å²) in [5.74, 6) is 5.23. The molecule has 4 fully saturated rings. The van der Waals surface area contributed by atoms with Crippen LogP contribution < -0.4 is 0 Å². The van der Waals surface area contributed by atoms with Crippen molar-refractivity contribution in [3.05, 3.63) is 11.6 Å². The van der Waals surface area contributed by atoms with Gasteiger partial charge >= 0.3 is 5.97 Å². The second-order valence-corrected chi connectivity index (χ2v) is 24.3. The minimum atomic E-state index is -1.44. The highest BCUT2D eigenvalue weighted by Crippen LogP contribution is 2.67. The lowest BCUT2D eigenvalue weighted by atomic mass is 9.47. The van der Waals surface area contributed by atoms with Gasteiger partial charge in [-0.05, 0) is 116 Å². The molecular weight excluding hydrogens is 833 g/mol. The van der Waals surface area contributed by atoms with Crippen molar-refractivity contribution in [2.45, 2.75) is 304 Å². The molecule has 0 spiro atoms. The van der Waals surface area contributed by atoms with Gasteiger partial charge in [0.25, 0.3) is 0 Å². The van der Waals surface area contributed by atoms with E-state index in [1.165, 1.54) is 173 Å². The molecule has 0 aromatic heterocycles. The Labute approximate surface area is 412 Å². The Morgan fingerprint density at radius 2 is 1.25 bits per heavy atom. The highest BCUT2D eigenvalue weighted by Gasteiger charge is 2.59. The summed E-state index contributed by atoms with van der Waals surface area (Å²) in [6.45, 7) is 17.1. The van der Waals surface area contributed by atoms with Gasteiger partial charge in [0.05, 0.1) is 6.10 Å². The molecule has 67 heavy (non-hydrogen) atoms. The maximum atomic E-state index is 12.7. The van der Waals surface area contributed by atoms with Crippen LogP contribution in [0.5, 0.6) is 0 Å². The van der Waals surface area contributed by atoms with E-state index in [1.807, 2.05) is 0 Å². The van der Waals surface area contributed by atoms with Crippen molar-refractivity contribution in [3.8, 4) is 0 Å². The third-order valence-electron chi connectivity index (χ3n) is 19.4. The Bertz CT molecular complexity index is 1400. The van der Waals surface area contributed by atoms with E-state index in [4.69, 9.17) is 14.2 Å².